The van der Waals surface area contributed by atoms with Crippen molar-refractivity contribution in [3.8, 4) is 5.69 Å². The Morgan fingerprint density at radius 1 is 1.17 bits per heavy atom. The van der Waals surface area contributed by atoms with Crippen LogP contribution in [0.1, 0.15) is 29.6 Å². The molecule has 2 aliphatic rings. The molecule has 2 fully saturated rings. The molecule has 2 unspecified atom stereocenters. The molecule has 2 saturated heterocycles. The Kier molecular flexibility index (Phi) is 6.59. The average Bonchev–Trinajstić information content (AvgIpc) is 3.28. The first-order chi connectivity index (χ1) is 14.3. The minimum absolute atomic E-state index is 0.0432. The lowest BCUT2D eigenvalue weighted by molar-refractivity contribution is -0.0196. The highest BCUT2D eigenvalue weighted by Gasteiger charge is 2.35. The summed E-state index contributed by atoms with van der Waals surface area (Å²) in [6.45, 7) is 5.17. The van der Waals surface area contributed by atoms with Crippen molar-refractivity contribution >= 4 is 5.91 Å². The molecule has 4 rings (SSSR count). The third-order valence-corrected chi connectivity index (χ3v) is 6.08. The van der Waals surface area contributed by atoms with E-state index in [0.29, 0.717) is 17.5 Å². The number of hydrogen-bond donors (Lipinski definition) is 1. The van der Waals surface area contributed by atoms with Crippen molar-refractivity contribution in [3.63, 3.8) is 0 Å². The Labute approximate surface area is 171 Å². The van der Waals surface area contributed by atoms with Crippen LogP contribution in [0.3, 0.4) is 0 Å². The first-order valence-corrected chi connectivity index (χ1v) is 10.6. The number of rotatable bonds is 6. The van der Waals surface area contributed by atoms with Crippen molar-refractivity contribution in [1.29, 1.82) is 0 Å². The van der Waals surface area contributed by atoms with Crippen molar-refractivity contribution < 1.29 is 14.6 Å². The molecule has 2 aliphatic heterocycles. The Morgan fingerprint density at radius 3 is 2.72 bits per heavy atom. The highest BCUT2D eigenvalue weighted by Crippen LogP contribution is 2.28. The summed E-state index contributed by atoms with van der Waals surface area (Å²) < 4.78 is 7.25. The van der Waals surface area contributed by atoms with Crippen LogP contribution in [0.15, 0.2) is 42.7 Å². The van der Waals surface area contributed by atoms with Gasteiger partial charge in [0.25, 0.3) is 5.91 Å². The molecule has 2 atom stereocenters. The monoisotopic (exact) mass is 398 g/mol. The van der Waals surface area contributed by atoms with Crippen molar-refractivity contribution in [2.45, 2.75) is 25.3 Å². The second-order valence-corrected chi connectivity index (χ2v) is 7.89. The number of carbonyl (C=O) groups is 1. The molecular weight excluding hydrogens is 368 g/mol. The maximum Gasteiger partial charge on any atom is 0.257 e. The Balaban J connectivity index is 1.44. The molecule has 0 spiro atoms. The minimum atomic E-state index is 0.0432. The van der Waals surface area contributed by atoms with Gasteiger partial charge in [-0.15, -0.1) is 0 Å². The normalized spacial score (nSPS) is 23.3. The van der Waals surface area contributed by atoms with Crippen LogP contribution in [0.4, 0.5) is 0 Å². The number of morpholine rings is 1. The fourth-order valence-electron chi connectivity index (χ4n) is 4.57. The van der Waals surface area contributed by atoms with Gasteiger partial charge < -0.3 is 14.7 Å². The number of para-hydroxylation sites is 1. The van der Waals surface area contributed by atoms with E-state index in [4.69, 9.17) is 4.74 Å². The van der Waals surface area contributed by atoms with Gasteiger partial charge in [0, 0.05) is 45.0 Å². The summed E-state index contributed by atoms with van der Waals surface area (Å²) in [5, 5.41) is 13.7. The van der Waals surface area contributed by atoms with Gasteiger partial charge in [-0.3, -0.25) is 9.69 Å². The fourth-order valence-corrected chi connectivity index (χ4v) is 4.57. The van der Waals surface area contributed by atoms with Crippen LogP contribution >= 0.6 is 0 Å². The average molecular weight is 399 g/mol. The highest BCUT2D eigenvalue weighted by atomic mass is 16.5. The summed E-state index contributed by atoms with van der Waals surface area (Å²) in [4.78, 5) is 17.6. The second kappa shape index (κ2) is 9.52. The topological polar surface area (TPSA) is 70.8 Å². The van der Waals surface area contributed by atoms with Gasteiger partial charge in [-0.1, -0.05) is 18.2 Å². The molecule has 1 aromatic carbocycles. The molecule has 1 aromatic heterocycles. The maximum absolute atomic E-state index is 13.1. The Hall–Kier alpha value is -2.22. The van der Waals surface area contributed by atoms with Crippen LogP contribution in [-0.4, -0.2) is 82.6 Å². The zero-order chi connectivity index (χ0) is 20.1. The number of aliphatic hydroxyl groups excluding tert-OH is 1. The minimum Gasteiger partial charge on any atom is -0.396 e. The Bertz CT molecular complexity index is 788. The van der Waals surface area contributed by atoms with Crippen LogP contribution in [0, 0.1) is 5.92 Å². The maximum atomic E-state index is 13.1. The van der Waals surface area contributed by atoms with Gasteiger partial charge in [0.05, 0.1) is 30.7 Å². The van der Waals surface area contributed by atoms with Gasteiger partial charge >= 0.3 is 0 Å². The van der Waals surface area contributed by atoms with E-state index >= 15 is 0 Å². The summed E-state index contributed by atoms with van der Waals surface area (Å²) in [6, 6.07) is 10.3. The number of ether oxygens (including phenoxy) is 1. The van der Waals surface area contributed by atoms with E-state index in [9.17, 15) is 9.90 Å². The Morgan fingerprint density at radius 2 is 1.97 bits per heavy atom. The quantitative estimate of drug-likeness (QED) is 0.804. The molecule has 29 heavy (non-hydrogen) atoms. The summed E-state index contributed by atoms with van der Waals surface area (Å²) in [5.41, 5.74) is 1.57. The van der Waals surface area contributed by atoms with Gasteiger partial charge in [-0.25, -0.2) is 4.68 Å². The molecular formula is C22H30N4O3. The van der Waals surface area contributed by atoms with E-state index < -0.39 is 0 Å². The van der Waals surface area contributed by atoms with Gasteiger partial charge in [0.2, 0.25) is 0 Å². The van der Waals surface area contributed by atoms with Crippen molar-refractivity contribution in [1.82, 2.24) is 19.6 Å². The van der Waals surface area contributed by atoms with Crippen LogP contribution in [0.25, 0.3) is 5.69 Å². The smallest absolute Gasteiger partial charge is 0.257 e. The number of hydrogen-bond acceptors (Lipinski definition) is 5. The van der Waals surface area contributed by atoms with Crippen LogP contribution in [0.2, 0.25) is 0 Å². The zero-order valence-electron chi connectivity index (χ0n) is 16.8. The molecule has 0 saturated carbocycles. The van der Waals surface area contributed by atoms with Gasteiger partial charge in [-0.05, 0) is 37.3 Å². The summed E-state index contributed by atoms with van der Waals surface area (Å²) in [7, 11) is 0. The third-order valence-electron chi connectivity index (χ3n) is 6.08. The predicted molar refractivity (Wildman–Crippen MR) is 110 cm³/mol. The molecule has 7 nitrogen and oxygen atoms in total. The number of nitrogens with zero attached hydrogens (tertiary/aromatic N) is 4. The standard InChI is InChI=1S/C22H30N4O3/c27-12-4-5-18-16-25(9-8-21(18)24-10-13-29-14-11-24)22(28)19-15-23-26(17-19)20-6-2-1-3-7-20/h1-3,6-7,15,17-18,21,27H,4-5,8-14,16H2. The SMILES string of the molecule is O=C(c1cnn(-c2ccccc2)c1)N1CCC(N2CCOCC2)C(CCCO)C1. The number of amides is 1. The van der Waals surface area contributed by atoms with Gasteiger partial charge in [0.1, 0.15) is 0 Å². The van der Waals surface area contributed by atoms with Crippen molar-refractivity contribution in [2.75, 3.05) is 46.0 Å². The van der Waals surface area contributed by atoms with E-state index in [-0.39, 0.29) is 12.5 Å². The largest absolute Gasteiger partial charge is 0.396 e. The molecule has 3 heterocycles. The molecule has 2 aromatic rings. The molecule has 0 bridgehead atoms. The summed E-state index contributed by atoms with van der Waals surface area (Å²) in [5.74, 6) is 0.420. The molecule has 1 N–H and O–H groups in total. The molecule has 0 aliphatic carbocycles. The lowest BCUT2D eigenvalue weighted by Gasteiger charge is -2.45. The van der Waals surface area contributed by atoms with Gasteiger partial charge in [0.15, 0.2) is 0 Å². The molecule has 0 radical (unpaired) electrons. The van der Waals surface area contributed by atoms with Crippen LogP contribution < -0.4 is 0 Å². The summed E-state index contributed by atoms with van der Waals surface area (Å²) in [6.07, 6.45) is 6.15. The fraction of sp³-hybridized carbons (Fsp3) is 0.545. The van der Waals surface area contributed by atoms with E-state index in [1.165, 1.54) is 0 Å². The van der Waals surface area contributed by atoms with E-state index in [0.717, 1.165) is 64.3 Å². The third kappa shape index (κ3) is 4.69. The van der Waals surface area contributed by atoms with E-state index in [2.05, 4.69) is 10.00 Å². The van der Waals surface area contributed by atoms with E-state index in [1.807, 2.05) is 41.4 Å². The number of benzene rings is 1. The first-order valence-electron chi connectivity index (χ1n) is 10.6. The van der Waals surface area contributed by atoms with Crippen LogP contribution in [-0.2, 0) is 4.74 Å². The van der Waals surface area contributed by atoms with E-state index in [1.54, 1.807) is 10.9 Å². The molecule has 1 amide bonds. The predicted octanol–water partition coefficient (Wildman–Crippen LogP) is 1.81. The number of carbonyl (C=O) groups excluding carboxylic acids is 1. The second-order valence-electron chi connectivity index (χ2n) is 7.89. The van der Waals surface area contributed by atoms with Crippen molar-refractivity contribution in [3.05, 3.63) is 48.3 Å². The highest BCUT2D eigenvalue weighted by molar-refractivity contribution is 5.93. The lowest BCUT2D eigenvalue weighted by Crippen LogP contribution is -2.55. The van der Waals surface area contributed by atoms with Gasteiger partial charge in [-0.2, -0.15) is 5.10 Å². The number of aromatic nitrogens is 2. The summed E-state index contributed by atoms with van der Waals surface area (Å²) >= 11 is 0. The lowest BCUT2D eigenvalue weighted by atomic mass is 9.86. The number of piperidine rings is 1. The van der Waals surface area contributed by atoms with Crippen molar-refractivity contribution in [2.24, 2.45) is 5.92 Å². The first kappa shape index (κ1) is 20.1. The number of aliphatic hydroxyl groups is 1. The van der Waals surface area contributed by atoms with Crippen LogP contribution in [0.5, 0.6) is 0 Å². The molecule has 7 heteroatoms. The number of likely N-dealkylation sites (tertiary alicyclic amines) is 1. The zero-order valence-corrected chi connectivity index (χ0v) is 16.8. The molecule has 156 valence electrons.